The topological polar surface area (TPSA) is 57.5 Å². The fraction of sp³-hybridized carbons (Fsp3) is 0.217. The average Bonchev–Trinajstić information content (AvgIpc) is 3.10. The molecule has 0 fully saturated rings. The van der Waals surface area contributed by atoms with Gasteiger partial charge in [0.15, 0.2) is 0 Å². The molecule has 0 radical (unpaired) electrons. The smallest absolute Gasteiger partial charge is 0.335 e. The van der Waals surface area contributed by atoms with Gasteiger partial charge in [-0.2, -0.15) is 0 Å². The molecule has 1 heterocycles. The van der Waals surface area contributed by atoms with Gasteiger partial charge >= 0.3 is 11.9 Å². The number of aryl methyl sites for hydroxylation is 1. The Labute approximate surface area is 164 Å². The third kappa shape index (κ3) is 3.83. The van der Waals surface area contributed by atoms with Gasteiger partial charge in [0.1, 0.15) is 0 Å². The maximum Gasteiger partial charge on any atom is 0.335 e. The summed E-state index contributed by atoms with van der Waals surface area (Å²) in [5.41, 5.74) is 3.24. The third-order valence-electron chi connectivity index (χ3n) is 4.82. The fourth-order valence-electron chi connectivity index (χ4n) is 3.44. The molecular formula is C23H23NO4. The van der Waals surface area contributed by atoms with Gasteiger partial charge in [0.2, 0.25) is 0 Å². The lowest BCUT2D eigenvalue weighted by molar-refractivity contribution is -0.140. The van der Waals surface area contributed by atoms with Gasteiger partial charge in [0.25, 0.3) is 0 Å². The molecule has 0 bridgehead atoms. The zero-order chi connectivity index (χ0) is 20.1. The molecule has 28 heavy (non-hydrogen) atoms. The minimum Gasteiger partial charge on any atom is -0.469 e. The molecule has 0 saturated carbocycles. The number of benzene rings is 2. The quantitative estimate of drug-likeness (QED) is 0.460. The van der Waals surface area contributed by atoms with E-state index >= 15 is 0 Å². The van der Waals surface area contributed by atoms with Crippen LogP contribution in [0.25, 0.3) is 10.9 Å². The van der Waals surface area contributed by atoms with E-state index < -0.39 is 12.0 Å². The van der Waals surface area contributed by atoms with Crippen molar-refractivity contribution in [2.24, 2.45) is 0 Å². The van der Waals surface area contributed by atoms with E-state index in [1.165, 1.54) is 14.2 Å². The molecule has 3 rings (SSSR count). The van der Waals surface area contributed by atoms with Gasteiger partial charge in [-0.1, -0.05) is 55.1 Å². The second-order valence-corrected chi connectivity index (χ2v) is 6.48. The first-order valence-corrected chi connectivity index (χ1v) is 9.04. The van der Waals surface area contributed by atoms with Crippen LogP contribution < -0.4 is 0 Å². The molecule has 5 nitrogen and oxygen atoms in total. The van der Waals surface area contributed by atoms with Gasteiger partial charge in [-0.3, -0.25) is 4.79 Å². The lowest BCUT2D eigenvalue weighted by Gasteiger charge is -2.22. The molecule has 0 unspecified atom stereocenters. The van der Waals surface area contributed by atoms with Gasteiger partial charge in [-0.15, -0.1) is 0 Å². The van der Waals surface area contributed by atoms with E-state index in [1.807, 2.05) is 65.4 Å². The van der Waals surface area contributed by atoms with Crippen molar-refractivity contribution in [3.63, 3.8) is 0 Å². The van der Waals surface area contributed by atoms with E-state index in [-0.39, 0.29) is 5.97 Å². The van der Waals surface area contributed by atoms with Gasteiger partial charge in [0, 0.05) is 23.5 Å². The van der Waals surface area contributed by atoms with Crippen molar-refractivity contribution in [2.75, 3.05) is 14.2 Å². The highest BCUT2D eigenvalue weighted by Crippen LogP contribution is 2.33. The number of ether oxygens (including phenoxy) is 2. The van der Waals surface area contributed by atoms with Crippen LogP contribution in [0.3, 0.4) is 0 Å². The second kappa shape index (κ2) is 8.57. The number of esters is 2. The van der Waals surface area contributed by atoms with Crippen LogP contribution in [0.5, 0.6) is 0 Å². The van der Waals surface area contributed by atoms with Crippen LogP contribution in [0.2, 0.25) is 0 Å². The standard InChI is InChI=1S/C23H23NO4/c1-16(23(26)28-3)22(17-9-5-4-6-10-17)24-15-18(13-14-21(25)27-2)19-11-7-8-12-20(19)24/h4-12,15,22H,1,13-14H2,2-3H3/t22-/m1/s1. The Kier molecular flexibility index (Phi) is 5.94. The van der Waals surface area contributed by atoms with Crippen molar-refractivity contribution in [1.82, 2.24) is 4.57 Å². The zero-order valence-corrected chi connectivity index (χ0v) is 16.1. The van der Waals surface area contributed by atoms with Crippen LogP contribution in [0.1, 0.15) is 23.6 Å². The molecular weight excluding hydrogens is 354 g/mol. The summed E-state index contributed by atoms with van der Waals surface area (Å²) >= 11 is 0. The molecule has 5 heteroatoms. The number of hydrogen-bond acceptors (Lipinski definition) is 4. The number of fused-ring (bicyclic) bond motifs is 1. The number of nitrogens with zero attached hydrogens (tertiary/aromatic N) is 1. The largest absolute Gasteiger partial charge is 0.469 e. The minimum absolute atomic E-state index is 0.254. The number of para-hydroxylation sites is 1. The van der Waals surface area contributed by atoms with Crippen LogP contribution in [0.15, 0.2) is 72.9 Å². The lowest BCUT2D eigenvalue weighted by atomic mass is 9.99. The molecule has 0 aliphatic rings. The van der Waals surface area contributed by atoms with Crippen molar-refractivity contribution < 1.29 is 19.1 Å². The summed E-state index contributed by atoms with van der Waals surface area (Å²) in [7, 11) is 2.74. The Hall–Kier alpha value is -3.34. The normalized spacial score (nSPS) is 11.8. The lowest BCUT2D eigenvalue weighted by Crippen LogP contribution is -2.18. The van der Waals surface area contributed by atoms with E-state index in [4.69, 9.17) is 9.47 Å². The molecule has 3 aromatic rings. The molecule has 144 valence electrons. The van der Waals surface area contributed by atoms with Gasteiger partial charge in [-0.25, -0.2) is 4.79 Å². The maximum absolute atomic E-state index is 12.3. The number of methoxy groups -OCH3 is 2. The first kappa shape index (κ1) is 19.4. The predicted molar refractivity (Wildman–Crippen MR) is 108 cm³/mol. The Balaban J connectivity index is 2.13. The van der Waals surface area contributed by atoms with E-state index in [0.29, 0.717) is 18.4 Å². The highest BCUT2D eigenvalue weighted by Gasteiger charge is 2.25. The Morgan fingerprint density at radius 2 is 1.68 bits per heavy atom. The monoisotopic (exact) mass is 377 g/mol. The summed E-state index contributed by atoms with van der Waals surface area (Å²) < 4.78 is 11.7. The van der Waals surface area contributed by atoms with E-state index in [2.05, 4.69) is 6.58 Å². The highest BCUT2D eigenvalue weighted by molar-refractivity contribution is 5.91. The molecule has 0 spiro atoms. The summed E-state index contributed by atoms with van der Waals surface area (Å²) in [6.45, 7) is 4.01. The Morgan fingerprint density at radius 1 is 1.00 bits per heavy atom. The van der Waals surface area contributed by atoms with Crippen molar-refractivity contribution in [3.05, 3.63) is 84.1 Å². The van der Waals surface area contributed by atoms with Crippen LogP contribution in [0.4, 0.5) is 0 Å². The molecule has 1 atom stereocenters. The highest BCUT2D eigenvalue weighted by atomic mass is 16.5. The molecule has 0 aliphatic carbocycles. The summed E-state index contributed by atoms with van der Waals surface area (Å²) in [5.74, 6) is -0.710. The van der Waals surface area contributed by atoms with Crippen LogP contribution in [0, 0.1) is 0 Å². The summed E-state index contributed by atoms with van der Waals surface area (Å²) in [5, 5.41) is 1.03. The summed E-state index contributed by atoms with van der Waals surface area (Å²) in [4.78, 5) is 23.9. The van der Waals surface area contributed by atoms with E-state index in [1.54, 1.807) is 0 Å². The fourth-order valence-corrected chi connectivity index (χ4v) is 3.44. The molecule has 2 aromatic carbocycles. The first-order chi connectivity index (χ1) is 13.6. The van der Waals surface area contributed by atoms with E-state index in [9.17, 15) is 9.59 Å². The van der Waals surface area contributed by atoms with Crippen LogP contribution >= 0.6 is 0 Å². The predicted octanol–water partition coefficient (Wildman–Crippen LogP) is 4.07. The number of carbonyl (C=O) groups is 2. The van der Waals surface area contributed by atoms with Gasteiger partial charge < -0.3 is 14.0 Å². The summed E-state index contributed by atoms with van der Waals surface area (Å²) in [6.07, 6.45) is 2.82. The Bertz CT molecular complexity index is 1000. The first-order valence-electron chi connectivity index (χ1n) is 9.04. The van der Waals surface area contributed by atoms with Crippen molar-refractivity contribution in [1.29, 1.82) is 0 Å². The Morgan fingerprint density at radius 3 is 2.36 bits per heavy atom. The zero-order valence-electron chi connectivity index (χ0n) is 16.1. The molecule has 0 N–H and O–H groups in total. The average molecular weight is 377 g/mol. The molecule has 0 amide bonds. The molecule has 0 aliphatic heterocycles. The second-order valence-electron chi connectivity index (χ2n) is 6.48. The molecule has 1 aromatic heterocycles. The number of aromatic nitrogens is 1. The van der Waals surface area contributed by atoms with Crippen molar-refractivity contribution in [3.8, 4) is 0 Å². The SMILES string of the molecule is C=C(C(=O)OC)[C@H](c1ccccc1)n1cc(CCC(=O)OC)c2ccccc21. The third-order valence-corrected chi connectivity index (χ3v) is 4.82. The van der Waals surface area contributed by atoms with E-state index in [0.717, 1.165) is 22.0 Å². The van der Waals surface area contributed by atoms with Crippen LogP contribution in [-0.2, 0) is 25.5 Å². The minimum atomic E-state index is -0.456. The number of rotatable bonds is 7. The van der Waals surface area contributed by atoms with Gasteiger partial charge in [0.05, 0.1) is 25.8 Å². The van der Waals surface area contributed by atoms with Crippen molar-refractivity contribution >= 4 is 22.8 Å². The maximum atomic E-state index is 12.3. The van der Waals surface area contributed by atoms with Crippen LogP contribution in [-0.4, -0.2) is 30.7 Å². The number of carbonyl (C=O) groups excluding carboxylic acids is 2. The number of hydrogen-bond donors (Lipinski definition) is 0. The molecule has 0 saturated heterocycles. The summed E-state index contributed by atoms with van der Waals surface area (Å²) in [6, 6.07) is 17.2. The van der Waals surface area contributed by atoms with Crippen molar-refractivity contribution in [2.45, 2.75) is 18.9 Å². The van der Waals surface area contributed by atoms with Gasteiger partial charge in [-0.05, 0) is 23.6 Å².